The van der Waals surface area contributed by atoms with Crippen LogP contribution < -0.4 is 5.32 Å². The Morgan fingerprint density at radius 2 is 1.77 bits per heavy atom. The quantitative estimate of drug-likeness (QED) is 0.420. The molecule has 0 saturated carbocycles. The number of phenols is 1. The van der Waals surface area contributed by atoms with E-state index in [-0.39, 0.29) is 10.5 Å². The Bertz CT molecular complexity index is 1120. The molecule has 10 nitrogen and oxygen atoms in total. The van der Waals surface area contributed by atoms with Gasteiger partial charge in [0.25, 0.3) is 11.6 Å². The van der Waals surface area contributed by atoms with Crippen LogP contribution in [-0.2, 0) is 11.3 Å². The Morgan fingerprint density at radius 1 is 1.10 bits per heavy atom. The Kier molecular flexibility index (Phi) is 5.83. The molecule has 0 atom stereocenters. The molecule has 3 rings (SSSR count). The summed E-state index contributed by atoms with van der Waals surface area (Å²) in [6, 6.07) is 7.63. The van der Waals surface area contributed by atoms with Gasteiger partial charge < -0.3 is 10.4 Å². The smallest absolute Gasteiger partial charge is 0.318 e. The third-order valence-electron chi connectivity index (χ3n) is 4.14. The summed E-state index contributed by atoms with van der Waals surface area (Å²) in [5.41, 5.74) is 1.57. The molecular formula is C19H16N4O6S. The van der Waals surface area contributed by atoms with Crippen molar-refractivity contribution in [2.24, 2.45) is 4.99 Å². The number of nitrogens with zero attached hydrogens (tertiary/aromatic N) is 3. The van der Waals surface area contributed by atoms with E-state index < -0.39 is 32.9 Å². The minimum atomic E-state index is -0.928. The van der Waals surface area contributed by atoms with Crippen molar-refractivity contribution in [3.05, 3.63) is 77.7 Å². The fraction of sp³-hybridized carbons (Fsp3) is 0.158. The van der Waals surface area contributed by atoms with Gasteiger partial charge in [-0.3, -0.25) is 30.0 Å². The Morgan fingerprint density at radius 3 is 2.37 bits per heavy atom. The molecule has 0 aliphatic carbocycles. The van der Waals surface area contributed by atoms with Gasteiger partial charge in [0.05, 0.1) is 27.4 Å². The fourth-order valence-electron chi connectivity index (χ4n) is 2.95. The molecule has 0 aromatic heterocycles. The molecule has 2 N–H and O–H groups in total. The number of non-ortho nitro benzene ring substituents is 1. The molecule has 30 heavy (non-hydrogen) atoms. The lowest BCUT2D eigenvalue weighted by molar-refractivity contribution is -0.394. The van der Waals surface area contributed by atoms with Crippen LogP contribution in [0.1, 0.15) is 22.3 Å². The van der Waals surface area contributed by atoms with Crippen LogP contribution in [0, 0.1) is 34.1 Å². The third-order valence-corrected chi connectivity index (χ3v) is 5.08. The van der Waals surface area contributed by atoms with Crippen LogP contribution in [0.25, 0.3) is 6.08 Å². The number of rotatable bonds is 5. The highest BCUT2D eigenvalue weighted by Gasteiger charge is 2.27. The van der Waals surface area contributed by atoms with Gasteiger partial charge in [-0.15, -0.1) is 0 Å². The molecule has 1 saturated heterocycles. The second kappa shape index (κ2) is 8.33. The summed E-state index contributed by atoms with van der Waals surface area (Å²) in [5, 5.41) is 35.1. The van der Waals surface area contributed by atoms with Crippen LogP contribution in [0.15, 0.2) is 40.2 Å². The first-order chi connectivity index (χ1) is 14.1. The van der Waals surface area contributed by atoms with Crippen molar-refractivity contribution in [1.29, 1.82) is 0 Å². The summed E-state index contributed by atoms with van der Waals surface area (Å²) in [7, 11) is 0. The molecule has 1 amide bonds. The van der Waals surface area contributed by atoms with E-state index in [1.165, 1.54) is 0 Å². The highest BCUT2D eigenvalue weighted by Crippen LogP contribution is 2.37. The van der Waals surface area contributed by atoms with E-state index in [9.17, 15) is 30.1 Å². The van der Waals surface area contributed by atoms with Crippen LogP contribution in [0.2, 0.25) is 0 Å². The molecular weight excluding hydrogens is 412 g/mol. The largest absolute Gasteiger partial charge is 0.502 e. The zero-order valence-corrected chi connectivity index (χ0v) is 16.7. The SMILES string of the molecule is Cc1cc(C)cc(CN=C2NC(=O)/C(=C/c3cc([N+](=O)[O-])cc([N+](=O)[O-])c3O)S2)c1. The predicted octanol–water partition coefficient (Wildman–Crippen LogP) is 3.59. The summed E-state index contributed by atoms with van der Waals surface area (Å²) < 4.78 is 0. The number of nitro benzene ring substituents is 2. The summed E-state index contributed by atoms with van der Waals surface area (Å²) >= 11 is 0.978. The maximum Gasteiger partial charge on any atom is 0.318 e. The molecule has 1 heterocycles. The van der Waals surface area contributed by atoms with Gasteiger partial charge in [-0.05, 0) is 37.2 Å². The summed E-state index contributed by atoms with van der Waals surface area (Å²) in [5.74, 6) is -1.28. The number of hydrogen-bond donors (Lipinski definition) is 2. The molecule has 2 aromatic carbocycles. The monoisotopic (exact) mass is 428 g/mol. The second-order valence-corrected chi connectivity index (χ2v) is 7.63. The number of amides is 1. The minimum Gasteiger partial charge on any atom is -0.502 e. The van der Waals surface area contributed by atoms with Gasteiger partial charge in [0.15, 0.2) is 5.17 Å². The van der Waals surface area contributed by atoms with Crippen molar-refractivity contribution in [3.8, 4) is 5.75 Å². The van der Waals surface area contributed by atoms with E-state index in [2.05, 4.69) is 10.3 Å². The first kappa shape index (κ1) is 21.0. The van der Waals surface area contributed by atoms with Gasteiger partial charge in [-0.1, -0.05) is 29.3 Å². The maximum absolute atomic E-state index is 12.2. The van der Waals surface area contributed by atoms with Crippen LogP contribution in [-0.4, -0.2) is 26.0 Å². The van der Waals surface area contributed by atoms with E-state index in [0.29, 0.717) is 17.8 Å². The molecule has 0 bridgehead atoms. The summed E-state index contributed by atoms with van der Waals surface area (Å²) in [6.07, 6.45) is 1.16. The number of aliphatic imine (C=N–C) groups is 1. The number of nitro groups is 2. The van der Waals surface area contributed by atoms with E-state index in [4.69, 9.17) is 0 Å². The molecule has 0 spiro atoms. The molecule has 1 aliphatic rings. The van der Waals surface area contributed by atoms with Gasteiger partial charge in [-0.2, -0.15) is 0 Å². The van der Waals surface area contributed by atoms with Gasteiger partial charge in [0.2, 0.25) is 5.75 Å². The van der Waals surface area contributed by atoms with Crippen molar-refractivity contribution >= 4 is 40.3 Å². The van der Waals surface area contributed by atoms with Crippen molar-refractivity contribution in [1.82, 2.24) is 5.32 Å². The molecule has 1 aliphatic heterocycles. The van der Waals surface area contributed by atoms with Gasteiger partial charge in [-0.25, -0.2) is 0 Å². The van der Waals surface area contributed by atoms with Crippen LogP contribution in [0.5, 0.6) is 5.75 Å². The zero-order valence-electron chi connectivity index (χ0n) is 15.9. The van der Waals surface area contributed by atoms with Crippen molar-refractivity contribution in [2.75, 3.05) is 0 Å². The van der Waals surface area contributed by atoms with E-state index in [1.807, 2.05) is 32.0 Å². The number of thioether (sulfide) groups is 1. The fourth-order valence-corrected chi connectivity index (χ4v) is 3.76. The lowest BCUT2D eigenvalue weighted by atomic mass is 10.1. The molecule has 0 unspecified atom stereocenters. The lowest BCUT2D eigenvalue weighted by Gasteiger charge is -2.02. The Labute approximate surface area is 174 Å². The van der Waals surface area contributed by atoms with Crippen LogP contribution in [0.3, 0.4) is 0 Å². The number of carbonyl (C=O) groups is 1. The zero-order chi connectivity index (χ0) is 22.0. The first-order valence-electron chi connectivity index (χ1n) is 8.62. The highest BCUT2D eigenvalue weighted by atomic mass is 32.2. The molecule has 2 aromatic rings. The Hall–Kier alpha value is -3.73. The number of aromatic hydroxyl groups is 1. The first-order valence-corrected chi connectivity index (χ1v) is 9.44. The lowest BCUT2D eigenvalue weighted by Crippen LogP contribution is -2.19. The Balaban J connectivity index is 1.89. The van der Waals surface area contributed by atoms with Gasteiger partial charge in [0.1, 0.15) is 0 Å². The number of carbonyl (C=O) groups excluding carboxylic acids is 1. The van der Waals surface area contributed by atoms with E-state index >= 15 is 0 Å². The highest BCUT2D eigenvalue weighted by molar-refractivity contribution is 8.18. The normalized spacial score (nSPS) is 16.1. The average Bonchev–Trinajstić information content (AvgIpc) is 3.00. The molecule has 11 heteroatoms. The summed E-state index contributed by atoms with van der Waals surface area (Å²) in [6.45, 7) is 4.29. The van der Waals surface area contributed by atoms with E-state index in [1.54, 1.807) is 0 Å². The topological polar surface area (TPSA) is 148 Å². The number of amidine groups is 1. The molecule has 154 valence electrons. The number of nitrogens with one attached hydrogen (secondary N) is 1. The minimum absolute atomic E-state index is 0.0965. The molecule has 1 fully saturated rings. The maximum atomic E-state index is 12.2. The second-order valence-electron chi connectivity index (χ2n) is 6.60. The van der Waals surface area contributed by atoms with Crippen molar-refractivity contribution < 1.29 is 19.7 Å². The van der Waals surface area contributed by atoms with Crippen molar-refractivity contribution in [2.45, 2.75) is 20.4 Å². The van der Waals surface area contributed by atoms with Crippen LogP contribution in [0.4, 0.5) is 11.4 Å². The van der Waals surface area contributed by atoms with Gasteiger partial charge in [0, 0.05) is 11.6 Å². The average molecular weight is 428 g/mol. The van der Waals surface area contributed by atoms with Crippen molar-refractivity contribution in [3.63, 3.8) is 0 Å². The number of hydrogen-bond acceptors (Lipinski definition) is 8. The van der Waals surface area contributed by atoms with Crippen LogP contribution >= 0.6 is 11.8 Å². The summed E-state index contributed by atoms with van der Waals surface area (Å²) in [4.78, 5) is 37.0. The number of phenolic OH excluding ortho intramolecular Hbond substituents is 1. The molecule has 0 radical (unpaired) electrons. The number of benzene rings is 2. The third kappa shape index (κ3) is 4.63. The van der Waals surface area contributed by atoms with Gasteiger partial charge >= 0.3 is 5.69 Å². The number of aryl methyl sites for hydroxylation is 2. The predicted molar refractivity (Wildman–Crippen MR) is 112 cm³/mol. The standard InChI is InChI=1S/C19H16N4O6S/c1-10-3-11(2)5-12(4-10)9-20-19-21-18(25)16(30-19)7-13-6-14(22(26)27)8-15(17(13)24)23(28)29/h3-8,24H,9H2,1-2H3,(H,20,21,25)/b16-7-. The van der Waals surface area contributed by atoms with E-state index in [0.717, 1.165) is 40.6 Å².